The fourth-order valence-electron chi connectivity index (χ4n) is 12.4. The molecular weight excluding hydrogens is 1220 g/mol. The van der Waals surface area contributed by atoms with Gasteiger partial charge < -0.3 is 19.1 Å². The second kappa shape index (κ2) is 21.9. The van der Waals surface area contributed by atoms with Crippen LogP contribution in [0.2, 0.25) is 0 Å². The fourth-order valence-corrected chi connectivity index (χ4v) is 12.4. The molecule has 3 heterocycles. The Morgan fingerprint density at radius 1 is 0.400 bits per heavy atom. The smallest absolute Gasteiger partial charge is 0.135 e. The summed E-state index contributed by atoms with van der Waals surface area (Å²) in [6, 6.07) is 72.6. The molecule has 0 saturated carbocycles. The van der Waals surface area contributed by atoms with E-state index in [1.165, 1.54) is 50.1 Å². The molecular formula is C79H85N4OPt-3. The SMILES string of the molecule is CC(C)(C)c1ccnc(-n2c3[c-]c(Oc4[c-]c(N5[CH-]N(c6cc(C(C)(C)c7ccccc7)cc(C(C)(C)c7ccccc7)c6)c6cc(C(C)(C)C)c(C(C)(C)C)cc65)cc(C(C)(C)c5ccccc5)c4)cc(C(C)(C)C)c3c3ccccc32)c1.[Pt]. The number of hydrogen-bond acceptors (Lipinski definition) is 4. The molecule has 0 radical (unpaired) electrons. The summed E-state index contributed by atoms with van der Waals surface area (Å²) in [4.78, 5) is 9.86. The summed E-state index contributed by atoms with van der Waals surface area (Å²) in [5.41, 5.74) is 16.8. The number of rotatable bonds is 11. The molecule has 0 amide bonds. The Labute approximate surface area is 522 Å². The Balaban J connectivity index is 0.00000803. The van der Waals surface area contributed by atoms with Crippen LogP contribution in [0.5, 0.6) is 11.5 Å². The van der Waals surface area contributed by atoms with Crippen molar-refractivity contribution in [3.63, 3.8) is 0 Å². The minimum Gasteiger partial charge on any atom is -0.509 e. The van der Waals surface area contributed by atoms with Crippen LogP contribution in [0, 0.1) is 18.8 Å². The molecule has 8 aromatic carbocycles. The van der Waals surface area contributed by atoms with Crippen molar-refractivity contribution in [3.05, 3.63) is 257 Å². The van der Waals surface area contributed by atoms with Crippen LogP contribution in [0.3, 0.4) is 0 Å². The first kappa shape index (κ1) is 60.9. The van der Waals surface area contributed by atoms with E-state index in [0.29, 0.717) is 11.5 Å². The van der Waals surface area contributed by atoms with Crippen LogP contribution in [0.4, 0.5) is 22.7 Å². The number of ether oxygens (including phenoxy) is 1. The molecule has 5 nitrogen and oxygen atoms in total. The molecule has 1 aliphatic heterocycles. The van der Waals surface area contributed by atoms with Gasteiger partial charge in [0.15, 0.2) is 0 Å². The summed E-state index contributed by atoms with van der Waals surface area (Å²) >= 11 is 0. The number of nitrogens with zero attached hydrogens (tertiary/aromatic N) is 4. The van der Waals surface area contributed by atoms with Gasteiger partial charge in [-0.05, 0) is 119 Å². The monoisotopic (exact) mass is 1300 g/mol. The van der Waals surface area contributed by atoms with Crippen molar-refractivity contribution in [2.24, 2.45) is 0 Å². The molecule has 10 aromatic rings. The topological polar surface area (TPSA) is 33.5 Å². The second-order valence-electron chi connectivity index (χ2n) is 29.2. The number of aromatic nitrogens is 2. The van der Waals surface area contributed by atoms with Gasteiger partial charge in [0.25, 0.3) is 0 Å². The summed E-state index contributed by atoms with van der Waals surface area (Å²) in [7, 11) is 0. The molecule has 85 heavy (non-hydrogen) atoms. The largest absolute Gasteiger partial charge is 0.509 e. The first-order valence-electron chi connectivity index (χ1n) is 30.1. The number of benzene rings is 8. The van der Waals surface area contributed by atoms with Gasteiger partial charge in [0, 0.05) is 72.2 Å². The van der Waals surface area contributed by atoms with E-state index in [9.17, 15) is 0 Å². The quantitative estimate of drug-likeness (QED) is 0.121. The normalized spacial score (nSPS) is 13.6. The van der Waals surface area contributed by atoms with Crippen molar-refractivity contribution in [2.75, 3.05) is 9.80 Å². The van der Waals surface area contributed by atoms with Crippen LogP contribution in [-0.2, 0) is 59.0 Å². The molecule has 11 rings (SSSR count). The van der Waals surface area contributed by atoms with E-state index in [2.05, 4.69) is 334 Å². The van der Waals surface area contributed by atoms with Crippen molar-refractivity contribution in [2.45, 2.75) is 163 Å². The van der Waals surface area contributed by atoms with Crippen LogP contribution in [0.15, 0.2) is 182 Å². The van der Waals surface area contributed by atoms with Crippen LogP contribution >= 0.6 is 0 Å². The average molecular weight is 1300 g/mol. The third-order valence-electron chi connectivity index (χ3n) is 17.9. The molecule has 440 valence electrons. The minimum atomic E-state index is -0.437. The van der Waals surface area contributed by atoms with Crippen LogP contribution in [0.25, 0.3) is 27.6 Å². The minimum absolute atomic E-state index is 0. The van der Waals surface area contributed by atoms with Gasteiger partial charge >= 0.3 is 0 Å². The maximum atomic E-state index is 7.39. The van der Waals surface area contributed by atoms with Crippen molar-refractivity contribution in [3.8, 4) is 17.3 Å². The third-order valence-corrected chi connectivity index (χ3v) is 17.9. The Kier molecular flexibility index (Phi) is 15.7. The number of pyridine rings is 1. The van der Waals surface area contributed by atoms with E-state index in [-0.39, 0.29) is 53.6 Å². The molecule has 0 N–H and O–H groups in total. The Bertz CT molecular complexity index is 4020. The Morgan fingerprint density at radius 3 is 1.35 bits per heavy atom. The zero-order valence-corrected chi connectivity index (χ0v) is 55.7. The Hall–Kier alpha value is -7.20. The van der Waals surface area contributed by atoms with Crippen LogP contribution in [0.1, 0.15) is 180 Å². The summed E-state index contributed by atoms with van der Waals surface area (Å²) < 4.78 is 9.67. The fraction of sp³-hybridized carbons (Fsp3) is 0.316. The predicted octanol–water partition coefficient (Wildman–Crippen LogP) is 21.1. The zero-order valence-electron chi connectivity index (χ0n) is 53.4. The molecule has 0 saturated heterocycles. The molecule has 0 unspecified atom stereocenters. The van der Waals surface area contributed by atoms with Crippen LogP contribution < -0.4 is 14.5 Å². The molecule has 6 heteroatoms. The first-order valence-corrected chi connectivity index (χ1v) is 30.1. The summed E-state index contributed by atoms with van der Waals surface area (Å²) in [6.45, 7) is 44.1. The van der Waals surface area contributed by atoms with E-state index in [1.54, 1.807) is 0 Å². The van der Waals surface area contributed by atoms with Gasteiger partial charge in [-0.3, -0.25) is 0 Å². The predicted molar refractivity (Wildman–Crippen MR) is 355 cm³/mol. The van der Waals surface area contributed by atoms with Crippen molar-refractivity contribution in [1.29, 1.82) is 0 Å². The van der Waals surface area contributed by atoms with E-state index < -0.39 is 5.41 Å². The van der Waals surface area contributed by atoms with Gasteiger partial charge in [0.05, 0.1) is 0 Å². The molecule has 2 aromatic heterocycles. The van der Waals surface area contributed by atoms with Gasteiger partial charge in [-0.25, -0.2) is 4.98 Å². The van der Waals surface area contributed by atoms with Crippen molar-refractivity contribution < 1.29 is 25.8 Å². The summed E-state index contributed by atoms with van der Waals surface area (Å²) in [5, 5.41) is 2.31. The first-order chi connectivity index (χ1) is 39.4. The molecule has 1 aliphatic rings. The zero-order chi connectivity index (χ0) is 60.1. The van der Waals surface area contributed by atoms with Gasteiger partial charge in [-0.1, -0.05) is 251 Å². The maximum absolute atomic E-state index is 7.39. The van der Waals surface area contributed by atoms with Gasteiger partial charge in [0.1, 0.15) is 5.82 Å². The molecule has 0 fully saturated rings. The number of para-hydroxylation sites is 1. The standard InChI is InChI=1S/C79H85N4O.Pt/c1-73(2,3)55-38-39-80-71(45-55)83-67-37-29-28-36-63(67)72-66(76(10,11)12)47-62(48-70(72)83)84-61-44-58(79(17,18)54-34-26-21-27-35-54)43-60(46-61)82-51-81(68-49-64(74(4,5)6)65(50-69(68)82)75(7,8)9)59-41-56(77(13,14)52-30-22-19-23-31-52)40-57(42-59)78(15,16)53-32-24-20-25-33-53;/h19-45,47,49-51H,1-18H3;/q-3;. The molecule has 0 spiro atoms. The summed E-state index contributed by atoms with van der Waals surface area (Å²) in [6.07, 6.45) is 1.94. The summed E-state index contributed by atoms with van der Waals surface area (Å²) in [5.74, 6) is 2.07. The average Bonchev–Trinajstić information content (AvgIpc) is 1.68. The molecule has 0 atom stereocenters. The van der Waals surface area contributed by atoms with E-state index in [0.717, 1.165) is 55.9 Å². The number of fused-ring (bicyclic) bond motifs is 4. The Morgan fingerprint density at radius 2 is 0.859 bits per heavy atom. The third kappa shape index (κ3) is 11.4. The van der Waals surface area contributed by atoms with Gasteiger partial charge in [-0.15, -0.1) is 53.8 Å². The number of anilines is 4. The van der Waals surface area contributed by atoms with Crippen molar-refractivity contribution >= 4 is 44.6 Å². The maximum Gasteiger partial charge on any atom is 0.135 e. The van der Waals surface area contributed by atoms with Gasteiger partial charge in [0.2, 0.25) is 0 Å². The van der Waals surface area contributed by atoms with Crippen molar-refractivity contribution in [1.82, 2.24) is 9.55 Å². The van der Waals surface area contributed by atoms with E-state index in [4.69, 9.17) is 9.72 Å². The van der Waals surface area contributed by atoms with Crippen LogP contribution in [-0.4, -0.2) is 9.55 Å². The van der Waals surface area contributed by atoms with E-state index in [1.807, 2.05) is 6.20 Å². The number of hydrogen-bond donors (Lipinski definition) is 0. The second-order valence-corrected chi connectivity index (χ2v) is 29.2. The molecule has 0 aliphatic carbocycles. The molecule has 0 bridgehead atoms. The van der Waals surface area contributed by atoms with Gasteiger partial charge in [-0.2, -0.15) is 0 Å². The van der Waals surface area contributed by atoms with E-state index >= 15 is 0 Å².